The van der Waals surface area contributed by atoms with Crippen molar-refractivity contribution in [1.29, 1.82) is 0 Å². The Labute approximate surface area is 361 Å². The molecule has 6 heteroatoms. The average Bonchev–Trinajstić information content (AvgIpc) is 4.14. The predicted octanol–water partition coefficient (Wildman–Crippen LogP) is 14.2. The largest absolute Gasteiger partial charge is 0.309 e. The highest BCUT2D eigenvalue weighted by molar-refractivity contribution is 6.13. The first kappa shape index (κ1) is 34.1. The van der Waals surface area contributed by atoms with E-state index in [2.05, 4.69) is 241 Å². The van der Waals surface area contributed by atoms with E-state index in [1.165, 1.54) is 49.2 Å². The summed E-state index contributed by atoms with van der Waals surface area (Å²) in [5.41, 5.74) is 16.9. The highest BCUT2D eigenvalue weighted by Crippen LogP contribution is 2.41. The molecule has 0 unspecified atom stereocenters. The van der Waals surface area contributed by atoms with E-state index in [0.717, 1.165) is 67.1 Å². The molecule has 9 aromatic carbocycles. The molecule has 5 aromatic heterocycles. The van der Waals surface area contributed by atoms with E-state index in [-0.39, 0.29) is 0 Å². The van der Waals surface area contributed by atoms with Gasteiger partial charge in [0.2, 0.25) is 5.78 Å². The summed E-state index contributed by atoms with van der Waals surface area (Å²) in [7, 11) is 0. The molecule has 63 heavy (non-hydrogen) atoms. The Balaban J connectivity index is 0.988. The third-order valence-electron chi connectivity index (χ3n) is 13.1. The minimum Gasteiger partial charge on any atom is -0.309 e. The molecule has 0 fully saturated rings. The van der Waals surface area contributed by atoms with Crippen molar-refractivity contribution < 1.29 is 0 Å². The van der Waals surface area contributed by atoms with Crippen LogP contribution in [0.5, 0.6) is 0 Å². The highest BCUT2D eigenvalue weighted by atomic mass is 15.3. The van der Waals surface area contributed by atoms with Crippen LogP contribution in [0, 0.1) is 0 Å². The van der Waals surface area contributed by atoms with Crippen LogP contribution in [0.1, 0.15) is 0 Å². The maximum Gasteiger partial charge on any atom is 0.221 e. The van der Waals surface area contributed by atoms with Gasteiger partial charge in [-0.2, -0.15) is 0 Å². The molecule has 14 rings (SSSR count). The maximum atomic E-state index is 5.48. The minimum absolute atomic E-state index is 0.879. The molecule has 0 saturated carbocycles. The van der Waals surface area contributed by atoms with Crippen LogP contribution in [0.15, 0.2) is 218 Å². The molecule has 0 aliphatic carbocycles. The van der Waals surface area contributed by atoms with Crippen molar-refractivity contribution in [3.05, 3.63) is 218 Å². The molecule has 0 N–H and O–H groups in total. The molecule has 0 bridgehead atoms. The van der Waals surface area contributed by atoms with E-state index >= 15 is 0 Å². The number of benzene rings is 9. The third-order valence-corrected chi connectivity index (χ3v) is 13.1. The van der Waals surface area contributed by atoms with Gasteiger partial charge in [0.1, 0.15) is 5.52 Å². The molecule has 0 aliphatic heterocycles. The van der Waals surface area contributed by atoms with Crippen LogP contribution < -0.4 is 0 Å². The quantitative estimate of drug-likeness (QED) is 0.171. The molecule has 0 radical (unpaired) electrons. The predicted molar refractivity (Wildman–Crippen MR) is 260 cm³/mol. The van der Waals surface area contributed by atoms with E-state index in [1.54, 1.807) is 0 Å². The molecular weight excluding hydrogens is 769 g/mol. The van der Waals surface area contributed by atoms with Gasteiger partial charge in [0.25, 0.3) is 0 Å². The Morgan fingerprint density at radius 1 is 0.270 bits per heavy atom. The molecule has 6 nitrogen and oxygen atoms in total. The number of fused-ring (bicyclic) bond motifs is 13. The Bertz CT molecular complexity index is 4120. The second-order valence-electron chi connectivity index (χ2n) is 16.5. The Morgan fingerprint density at radius 3 is 1.27 bits per heavy atom. The first-order valence-corrected chi connectivity index (χ1v) is 21.5. The molecule has 14 aromatic rings. The monoisotopic (exact) mass is 804 g/mol. The van der Waals surface area contributed by atoms with Crippen LogP contribution in [0.2, 0.25) is 0 Å². The van der Waals surface area contributed by atoms with Crippen molar-refractivity contribution in [2.24, 2.45) is 0 Å². The van der Waals surface area contributed by atoms with E-state index in [1.807, 2.05) is 0 Å². The van der Waals surface area contributed by atoms with Crippen LogP contribution in [-0.4, -0.2) is 27.7 Å². The van der Waals surface area contributed by atoms with Crippen molar-refractivity contribution in [2.45, 2.75) is 0 Å². The summed E-state index contributed by atoms with van der Waals surface area (Å²) >= 11 is 0. The van der Waals surface area contributed by atoms with Crippen LogP contribution in [0.3, 0.4) is 0 Å². The molecular formula is C57H36N6. The lowest BCUT2D eigenvalue weighted by Gasteiger charge is -2.11. The molecule has 0 saturated heterocycles. The lowest BCUT2D eigenvalue weighted by Crippen LogP contribution is -1.97. The van der Waals surface area contributed by atoms with Crippen molar-refractivity contribution in [3.63, 3.8) is 0 Å². The van der Waals surface area contributed by atoms with Crippen molar-refractivity contribution in [2.75, 3.05) is 0 Å². The lowest BCUT2D eigenvalue weighted by molar-refractivity contribution is 1.08. The molecule has 0 aliphatic rings. The maximum absolute atomic E-state index is 5.48. The molecule has 5 heterocycles. The zero-order chi connectivity index (χ0) is 41.2. The molecule has 0 spiro atoms. The normalized spacial score (nSPS) is 12.1. The van der Waals surface area contributed by atoms with Crippen molar-refractivity contribution >= 4 is 82.5 Å². The lowest BCUT2D eigenvalue weighted by atomic mass is 10.0. The molecule has 0 amide bonds. The number of aromatic nitrogens is 6. The second-order valence-corrected chi connectivity index (χ2v) is 16.5. The van der Waals surface area contributed by atoms with Crippen LogP contribution >= 0.6 is 0 Å². The fourth-order valence-electron chi connectivity index (χ4n) is 10.4. The number of hydrogen-bond acceptors (Lipinski definition) is 1. The summed E-state index contributed by atoms with van der Waals surface area (Å²) in [6.07, 6.45) is 0. The number of rotatable bonds is 5. The van der Waals surface area contributed by atoms with E-state index < -0.39 is 0 Å². The van der Waals surface area contributed by atoms with E-state index in [0.29, 0.717) is 0 Å². The summed E-state index contributed by atoms with van der Waals surface area (Å²) < 4.78 is 11.8. The van der Waals surface area contributed by atoms with Gasteiger partial charge in [-0.05, 0) is 108 Å². The van der Waals surface area contributed by atoms with E-state index in [9.17, 15) is 0 Å². The standard InChI is InChI=1S/C57H36N6/c1-4-16-39(17-5-1)59-48-25-13-10-22-43(48)46-34-37(28-31-51(46)59)38-29-32-52-47(35-38)44-23-11-14-26-49(44)60(52)42-30-33-53-54(36-42)62(41-20-8-3-9-21-41)57-58-55-45-24-12-15-27-50(45)61(56(55)63(53)57)40-18-6-2-7-19-40/h1-36H. The minimum atomic E-state index is 0.879. The zero-order valence-corrected chi connectivity index (χ0v) is 34.0. The summed E-state index contributed by atoms with van der Waals surface area (Å²) in [5, 5.41) is 6.07. The second kappa shape index (κ2) is 12.9. The van der Waals surface area contributed by atoms with Gasteiger partial charge in [0, 0.05) is 49.7 Å². The third kappa shape index (κ3) is 4.80. The average molecular weight is 805 g/mol. The van der Waals surface area contributed by atoms with Gasteiger partial charge in [-0.1, -0.05) is 121 Å². The zero-order valence-electron chi connectivity index (χ0n) is 34.0. The topological polar surface area (TPSA) is 37.0 Å². The van der Waals surface area contributed by atoms with Gasteiger partial charge in [0.15, 0.2) is 5.65 Å². The van der Waals surface area contributed by atoms with Gasteiger partial charge >= 0.3 is 0 Å². The summed E-state index contributed by atoms with van der Waals surface area (Å²) in [5.74, 6) is 0.879. The van der Waals surface area contributed by atoms with Gasteiger partial charge in [-0.3, -0.25) is 13.5 Å². The Kier molecular flexibility index (Phi) is 7.02. The van der Waals surface area contributed by atoms with Gasteiger partial charge in [-0.15, -0.1) is 0 Å². The smallest absolute Gasteiger partial charge is 0.221 e. The van der Waals surface area contributed by atoms with Crippen LogP contribution in [0.25, 0.3) is 116 Å². The summed E-state index contributed by atoms with van der Waals surface area (Å²) in [6.45, 7) is 0. The Hall–Kier alpha value is -8.61. The molecule has 294 valence electrons. The summed E-state index contributed by atoms with van der Waals surface area (Å²) in [6, 6.07) is 78.8. The fourth-order valence-corrected chi connectivity index (χ4v) is 10.4. The van der Waals surface area contributed by atoms with Crippen molar-refractivity contribution in [1.82, 2.24) is 27.7 Å². The SMILES string of the molecule is c1ccc(-n2c3ccccc3c3cc(-c4ccc5c(c4)c4ccccc4n5-c4ccc5c(c4)n(-c4ccccc4)c4nc6c7ccccc7n(-c7ccccc7)c6n54)ccc32)cc1. The molecule has 0 atom stereocenters. The first-order valence-electron chi connectivity index (χ1n) is 21.5. The van der Waals surface area contributed by atoms with Gasteiger partial charge in [-0.25, -0.2) is 4.98 Å². The number of hydrogen-bond donors (Lipinski definition) is 0. The van der Waals surface area contributed by atoms with Gasteiger partial charge in [0.05, 0.1) is 38.6 Å². The van der Waals surface area contributed by atoms with Crippen LogP contribution in [0.4, 0.5) is 0 Å². The number of nitrogens with zero attached hydrogens (tertiary/aromatic N) is 6. The number of imidazole rings is 2. The van der Waals surface area contributed by atoms with Crippen LogP contribution in [-0.2, 0) is 0 Å². The summed E-state index contributed by atoms with van der Waals surface area (Å²) in [4.78, 5) is 5.48. The van der Waals surface area contributed by atoms with Gasteiger partial charge < -0.3 is 9.13 Å². The van der Waals surface area contributed by atoms with Crippen molar-refractivity contribution in [3.8, 4) is 33.9 Å². The Morgan fingerprint density at radius 2 is 0.698 bits per heavy atom. The fraction of sp³-hybridized carbons (Fsp3) is 0. The first-order chi connectivity index (χ1) is 31.3. The highest BCUT2D eigenvalue weighted by Gasteiger charge is 2.25. The number of para-hydroxylation sites is 6. The van der Waals surface area contributed by atoms with E-state index in [4.69, 9.17) is 4.98 Å².